The highest BCUT2D eigenvalue weighted by molar-refractivity contribution is 7.93. The van der Waals surface area contributed by atoms with Gasteiger partial charge in [-0.05, 0) is 49.2 Å². The molecule has 0 aliphatic rings. The van der Waals surface area contributed by atoms with Gasteiger partial charge in [0.2, 0.25) is 0 Å². The van der Waals surface area contributed by atoms with Crippen LogP contribution in [0, 0.1) is 24.0 Å². The van der Waals surface area contributed by atoms with Crippen molar-refractivity contribution in [2.24, 2.45) is 0 Å². The number of amides is 1. The predicted molar refractivity (Wildman–Crippen MR) is 109 cm³/mol. The van der Waals surface area contributed by atoms with Crippen LogP contribution in [0.15, 0.2) is 77.7 Å². The average molecular weight is 410 g/mol. The summed E-state index contributed by atoms with van der Waals surface area (Å²) < 4.78 is 27.5. The highest BCUT2D eigenvalue weighted by Gasteiger charge is 2.33. The van der Waals surface area contributed by atoms with Gasteiger partial charge >= 0.3 is 0 Å². The Morgan fingerprint density at radius 1 is 0.931 bits per heavy atom. The van der Waals surface area contributed by atoms with Crippen molar-refractivity contribution in [1.29, 1.82) is 0 Å². The van der Waals surface area contributed by atoms with Gasteiger partial charge in [-0.2, -0.15) is 4.31 Å². The number of nitro groups is 1. The maximum absolute atomic E-state index is 13.4. The van der Waals surface area contributed by atoms with Crippen LogP contribution in [-0.4, -0.2) is 19.2 Å². The zero-order chi connectivity index (χ0) is 21.2. The van der Waals surface area contributed by atoms with Gasteiger partial charge in [-0.25, -0.2) is 8.42 Å². The van der Waals surface area contributed by atoms with E-state index in [0.29, 0.717) is 9.87 Å². The van der Waals surface area contributed by atoms with Gasteiger partial charge < -0.3 is 0 Å². The molecule has 0 bridgehead atoms. The topological polar surface area (TPSA) is 97.6 Å². The summed E-state index contributed by atoms with van der Waals surface area (Å²) in [7, 11) is -4.26. The lowest BCUT2D eigenvalue weighted by molar-refractivity contribution is -0.384. The Morgan fingerprint density at radius 2 is 1.62 bits per heavy atom. The van der Waals surface area contributed by atoms with Crippen molar-refractivity contribution < 1.29 is 18.1 Å². The Bertz CT molecular complexity index is 1190. The molecule has 0 radical (unpaired) electrons. The monoisotopic (exact) mass is 410 g/mol. The van der Waals surface area contributed by atoms with E-state index in [1.807, 2.05) is 6.07 Å². The molecule has 0 atom stereocenters. The van der Waals surface area contributed by atoms with E-state index in [9.17, 15) is 23.3 Å². The summed E-state index contributed by atoms with van der Waals surface area (Å²) in [4.78, 5) is 23.7. The first-order chi connectivity index (χ1) is 13.7. The molecule has 3 aromatic carbocycles. The Morgan fingerprint density at radius 3 is 2.28 bits per heavy atom. The molecule has 3 aromatic rings. The highest BCUT2D eigenvalue weighted by Crippen LogP contribution is 2.30. The number of rotatable bonds is 5. The van der Waals surface area contributed by atoms with Gasteiger partial charge in [-0.15, -0.1) is 0 Å². The Balaban J connectivity index is 2.24. The second kappa shape index (κ2) is 7.84. The van der Waals surface area contributed by atoms with Crippen molar-refractivity contribution in [2.45, 2.75) is 18.7 Å². The molecule has 7 nitrogen and oxygen atoms in total. The fourth-order valence-electron chi connectivity index (χ4n) is 2.85. The molecule has 0 spiro atoms. The summed E-state index contributed by atoms with van der Waals surface area (Å²) in [6, 6.07) is 17.7. The summed E-state index contributed by atoms with van der Waals surface area (Å²) in [5.41, 5.74) is 1.15. The number of carbonyl (C=O) groups excluding carboxylic acids is 1. The maximum Gasteiger partial charge on any atom is 0.272 e. The van der Waals surface area contributed by atoms with Crippen molar-refractivity contribution in [2.75, 3.05) is 4.31 Å². The SMILES string of the molecule is Cc1ccc(C)c(N(C(=O)c2cccc([N+](=O)[O-])c2)S(=O)(=O)c2ccccc2)c1. The first-order valence-corrected chi connectivity index (χ1v) is 10.1. The molecular formula is C21H18N2O5S. The first-order valence-electron chi connectivity index (χ1n) is 8.68. The minimum atomic E-state index is -4.26. The molecule has 0 N–H and O–H groups in total. The number of sulfonamides is 1. The lowest BCUT2D eigenvalue weighted by atomic mass is 10.1. The van der Waals surface area contributed by atoms with Crippen molar-refractivity contribution >= 4 is 27.3 Å². The molecule has 0 unspecified atom stereocenters. The summed E-state index contributed by atoms with van der Waals surface area (Å²) in [6.45, 7) is 3.48. The minimum Gasteiger partial charge on any atom is -0.268 e. The number of nitro benzene ring substituents is 1. The Hall–Kier alpha value is -3.52. The molecule has 0 aliphatic heterocycles. The fraction of sp³-hybridized carbons (Fsp3) is 0.0952. The van der Waals surface area contributed by atoms with Crippen molar-refractivity contribution in [3.8, 4) is 0 Å². The number of anilines is 1. The average Bonchev–Trinajstić information content (AvgIpc) is 2.71. The minimum absolute atomic E-state index is 0.0558. The van der Waals surface area contributed by atoms with Gasteiger partial charge in [-0.3, -0.25) is 14.9 Å². The second-order valence-corrected chi connectivity index (χ2v) is 8.27. The lowest BCUT2D eigenvalue weighted by Crippen LogP contribution is -2.37. The van der Waals surface area contributed by atoms with Gasteiger partial charge in [0, 0.05) is 17.7 Å². The van der Waals surface area contributed by atoms with Crippen LogP contribution in [0.5, 0.6) is 0 Å². The summed E-state index contributed by atoms with van der Waals surface area (Å²) in [5.74, 6) is -0.869. The predicted octanol–water partition coefficient (Wildman–Crippen LogP) is 4.25. The number of non-ortho nitro benzene ring substituents is 1. The molecule has 0 fully saturated rings. The van der Waals surface area contributed by atoms with Crippen LogP contribution in [0.2, 0.25) is 0 Å². The number of aryl methyl sites for hydroxylation is 2. The van der Waals surface area contributed by atoms with Crippen molar-refractivity contribution in [3.05, 3.63) is 99.6 Å². The van der Waals surface area contributed by atoms with Gasteiger partial charge in [0.1, 0.15) is 0 Å². The quantitative estimate of drug-likeness (QED) is 0.463. The Labute approximate surface area is 168 Å². The molecule has 8 heteroatoms. The smallest absolute Gasteiger partial charge is 0.268 e. The maximum atomic E-state index is 13.4. The van der Waals surface area contributed by atoms with E-state index in [0.717, 1.165) is 11.6 Å². The standard InChI is InChI=1S/C21H18N2O5S/c1-15-11-12-16(2)20(13-15)22(29(27,28)19-9-4-3-5-10-19)21(24)17-7-6-8-18(14-17)23(25)26/h3-14H,1-2H3. The van der Waals surface area contributed by atoms with Crippen molar-refractivity contribution in [3.63, 3.8) is 0 Å². The molecule has 148 valence electrons. The zero-order valence-electron chi connectivity index (χ0n) is 15.8. The van der Waals surface area contributed by atoms with E-state index in [4.69, 9.17) is 0 Å². The Kier molecular flexibility index (Phi) is 5.47. The van der Waals surface area contributed by atoms with Crippen LogP contribution in [0.1, 0.15) is 21.5 Å². The van der Waals surface area contributed by atoms with E-state index in [2.05, 4.69) is 0 Å². The first kappa shape index (κ1) is 20.2. The molecule has 0 saturated heterocycles. The third kappa shape index (κ3) is 4.02. The van der Waals surface area contributed by atoms with Crippen LogP contribution < -0.4 is 4.31 Å². The third-order valence-electron chi connectivity index (χ3n) is 4.35. The number of hydrogen-bond acceptors (Lipinski definition) is 5. The molecule has 1 amide bonds. The molecular weight excluding hydrogens is 392 g/mol. The number of nitrogens with zero attached hydrogens (tertiary/aromatic N) is 2. The number of carbonyl (C=O) groups is 1. The molecule has 3 rings (SSSR count). The van der Waals surface area contributed by atoms with E-state index in [1.165, 1.54) is 30.3 Å². The van der Waals surface area contributed by atoms with Crippen LogP contribution in [0.4, 0.5) is 11.4 Å². The van der Waals surface area contributed by atoms with Crippen molar-refractivity contribution in [1.82, 2.24) is 0 Å². The van der Waals surface area contributed by atoms with Gasteiger partial charge in [0.25, 0.3) is 21.6 Å². The summed E-state index contributed by atoms with van der Waals surface area (Å²) in [6.07, 6.45) is 0. The normalized spacial score (nSPS) is 11.1. The second-order valence-electron chi connectivity index (χ2n) is 6.49. The molecule has 0 aliphatic carbocycles. The largest absolute Gasteiger partial charge is 0.272 e. The van der Waals surface area contributed by atoms with Crippen LogP contribution in [0.25, 0.3) is 0 Å². The van der Waals surface area contributed by atoms with Crippen LogP contribution in [-0.2, 0) is 10.0 Å². The van der Waals surface area contributed by atoms with E-state index >= 15 is 0 Å². The summed E-state index contributed by atoms with van der Waals surface area (Å²) in [5, 5.41) is 11.1. The van der Waals surface area contributed by atoms with Crippen LogP contribution in [0.3, 0.4) is 0 Å². The van der Waals surface area contributed by atoms with E-state index in [1.54, 1.807) is 44.2 Å². The van der Waals surface area contributed by atoms with Gasteiger partial charge in [0.05, 0.1) is 15.5 Å². The molecule has 29 heavy (non-hydrogen) atoms. The van der Waals surface area contributed by atoms with Gasteiger partial charge in [-0.1, -0.05) is 36.4 Å². The third-order valence-corrected chi connectivity index (χ3v) is 6.06. The molecule has 0 saturated carbocycles. The number of hydrogen-bond donors (Lipinski definition) is 0. The number of benzene rings is 3. The molecule has 0 heterocycles. The highest BCUT2D eigenvalue weighted by atomic mass is 32.2. The fourth-order valence-corrected chi connectivity index (χ4v) is 4.35. The summed E-state index contributed by atoms with van der Waals surface area (Å²) >= 11 is 0. The van der Waals surface area contributed by atoms with E-state index in [-0.39, 0.29) is 21.8 Å². The van der Waals surface area contributed by atoms with E-state index < -0.39 is 20.9 Å². The van der Waals surface area contributed by atoms with Crippen LogP contribution >= 0.6 is 0 Å². The van der Waals surface area contributed by atoms with Gasteiger partial charge in [0.15, 0.2) is 0 Å². The molecule has 0 aromatic heterocycles. The zero-order valence-corrected chi connectivity index (χ0v) is 16.6. The lowest BCUT2D eigenvalue weighted by Gasteiger charge is -2.24.